The molecule has 0 aliphatic heterocycles. The minimum absolute atomic E-state index is 0.229. The van der Waals surface area contributed by atoms with E-state index in [2.05, 4.69) is 0 Å². The van der Waals surface area contributed by atoms with Crippen LogP contribution in [0.1, 0.15) is 30.3 Å². The Morgan fingerprint density at radius 2 is 1.83 bits per heavy atom. The maximum absolute atomic E-state index is 9.45. The molecule has 0 heterocycles. The summed E-state index contributed by atoms with van der Waals surface area (Å²) in [4.78, 5) is 0. The molecule has 1 aromatic carbocycles. The quantitative estimate of drug-likeness (QED) is 0.520. The largest absolute Gasteiger partial charge is 0.396 e. The Bertz CT molecular complexity index is 310. The van der Waals surface area contributed by atoms with Crippen LogP contribution < -0.4 is 0 Å². The molecule has 0 spiro atoms. The number of hydrogen-bond donors (Lipinski definition) is 2. The first kappa shape index (κ1) is 15.1. The second-order valence-electron chi connectivity index (χ2n) is 4.12. The second kappa shape index (κ2) is 9.05. The molecule has 0 fully saturated rings. The zero-order valence-corrected chi connectivity index (χ0v) is 10.8. The number of ether oxygens (including phenoxy) is 2. The Balaban J connectivity index is 2.22. The first-order valence-electron chi connectivity index (χ1n) is 6.26. The van der Waals surface area contributed by atoms with Gasteiger partial charge in [0.25, 0.3) is 0 Å². The molecular formula is C14H22O4. The Morgan fingerprint density at radius 1 is 1.11 bits per heavy atom. The summed E-state index contributed by atoms with van der Waals surface area (Å²) in [7, 11) is 1.47. The number of benzene rings is 1. The van der Waals surface area contributed by atoms with Crippen LogP contribution in [-0.4, -0.2) is 37.1 Å². The van der Waals surface area contributed by atoms with Crippen LogP contribution in [0.4, 0.5) is 0 Å². The molecule has 4 nitrogen and oxygen atoms in total. The smallest absolute Gasteiger partial charge is 0.180 e. The van der Waals surface area contributed by atoms with Crippen LogP contribution in [0.3, 0.4) is 0 Å². The van der Waals surface area contributed by atoms with Crippen molar-refractivity contribution in [1.29, 1.82) is 0 Å². The van der Waals surface area contributed by atoms with E-state index in [0.717, 1.165) is 24.8 Å². The average Bonchev–Trinajstić information content (AvgIpc) is 2.42. The van der Waals surface area contributed by atoms with Gasteiger partial charge in [0.1, 0.15) is 0 Å². The third kappa shape index (κ3) is 5.60. The number of aliphatic hydroxyl groups is 2. The van der Waals surface area contributed by atoms with Crippen molar-refractivity contribution in [2.24, 2.45) is 0 Å². The predicted octanol–water partition coefficient (Wildman–Crippen LogP) is 1.66. The molecular weight excluding hydrogens is 232 g/mol. The monoisotopic (exact) mass is 254 g/mol. The van der Waals surface area contributed by atoms with Crippen LogP contribution in [-0.2, 0) is 15.9 Å². The average molecular weight is 254 g/mol. The lowest BCUT2D eigenvalue weighted by Gasteiger charge is -2.09. The number of unbranched alkanes of at least 4 members (excludes halogenated alkanes) is 1. The third-order valence-corrected chi connectivity index (χ3v) is 2.72. The molecule has 0 aliphatic carbocycles. The van der Waals surface area contributed by atoms with E-state index < -0.39 is 6.29 Å². The number of hydrogen-bond acceptors (Lipinski definition) is 4. The maximum Gasteiger partial charge on any atom is 0.180 e. The molecule has 0 saturated carbocycles. The fourth-order valence-corrected chi connectivity index (χ4v) is 1.59. The van der Waals surface area contributed by atoms with Gasteiger partial charge in [-0.3, -0.25) is 0 Å². The summed E-state index contributed by atoms with van der Waals surface area (Å²) in [5.41, 5.74) is 1.93. The first-order chi connectivity index (χ1) is 8.77. The fraction of sp³-hybridized carbons (Fsp3) is 0.571. The van der Waals surface area contributed by atoms with Gasteiger partial charge in [0.2, 0.25) is 0 Å². The van der Waals surface area contributed by atoms with Crippen molar-refractivity contribution in [1.82, 2.24) is 0 Å². The molecule has 1 unspecified atom stereocenters. The van der Waals surface area contributed by atoms with Gasteiger partial charge in [-0.15, -0.1) is 0 Å². The molecule has 1 rings (SSSR count). The summed E-state index contributed by atoms with van der Waals surface area (Å²) < 4.78 is 10.3. The maximum atomic E-state index is 9.45. The van der Waals surface area contributed by atoms with Crippen molar-refractivity contribution in [2.75, 3.05) is 26.9 Å². The van der Waals surface area contributed by atoms with Crippen LogP contribution in [0.25, 0.3) is 0 Å². The van der Waals surface area contributed by atoms with E-state index in [1.54, 1.807) is 0 Å². The van der Waals surface area contributed by atoms with Gasteiger partial charge in [-0.1, -0.05) is 24.3 Å². The van der Waals surface area contributed by atoms with E-state index in [4.69, 9.17) is 14.6 Å². The minimum atomic E-state index is -0.853. The Morgan fingerprint density at radius 3 is 2.44 bits per heavy atom. The van der Waals surface area contributed by atoms with Gasteiger partial charge in [0.15, 0.2) is 6.29 Å². The van der Waals surface area contributed by atoms with E-state index in [-0.39, 0.29) is 6.61 Å². The molecule has 1 aromatic rings. The van der Waals surface area contributed by atoms with Crippen LogP contribution in [0.5, 0.6) is 0 Å². The fourth-order valence-electron chi connectivity index (χ4n) is 1.59. The lowest BCUT2D eigenvalue weighted by atomic mass is 10.1. The Hall–Kier alpha value is -0.940. The molecule has 0 saturated heterocycles. The number of aliphatic hydroxyl groups excluding tert-OH is 2. The van der Waals surface area contributed by atoms with Crippen molar-refractivity contribution in [3.8, 4) is 0 Å². The molecule has 0 aliphatic rings. The van der Waals surface area contributed by atoms with Gasteiger partial charge < -0.3 is 19.7 Å². The third-order valence-electron chi connectivity index (χ3n) is 2.72. The summed E-state index contributed by atoms with van der Waals surface area (Å²) in [5, 5.41) is 18.1. The van der Waals surface area contributed by atoms with Gasteiger partial charge in [-0.25, -0.2) is 0 Å². The first-order valence-corrected chi connectivity index (χ1v) is 6.26. The second-order valence-corrected chi connectivity index (χ2v) is 4.12. The standard InChI is InChI=1S/C14H22O4/c1-17-14(16)13-6-4-12(5-7-13)8-11-18-10-3-2-9-15/h4-7,14-16H,2-3,8-11H2,1H3. The van der Waals surface area contributed by atoms with Crippen molar-refractivity contribution in [2.45, 2.75) is 25.6 Å². The molecule has 0 aromatic heterocycles. The molecule has 18 heavy (non-hydrogen) atoms. The zero-order chi connectivity index (χ0) is 13.2. The summed E-state index contributed by atoms with van der Waals surface area (Å²) in [5.74, 6) is 0. The highest BCUT2D eigenvalue weighted by molar-refractivity contribution is 5.23. The predicted molar refractivity (Wildman–Crippen MR) is 69.3 cm³/mol. The van der Waals surface area contributed by atoms with Crippen molar-refractivity contribution >= 4 is 0 Å². The van der Waals surface area contributed by atoms with Gasteiger partial charge >= 0.3 is 0 Å². The highest BCUT2D eigenvalue weighted by Crippen LogP contribution is 2.14. The molecule has 0 bridgehead atoms. The highest BCUT2D eigenvalue weighted by atomic mass is 16.6. The highest BCUT2D eigenvalue weighted by Gasteiger charge is 2.04. The van der Waals surface area contributed by atoms with Gasteiger partial charge in [-0.05, 0) is 24.8 Å². The van der Waals surface area contributed by atoms with Crippen LogP contribution in [0.2, 0.25) is 0 Å². The van der Waals surface area contributed by atoms with E-state index in [0.29, 0.717) is 13.2 Å². The van der Waals surface area contributed by atoms with Gasteiger partial charge in [0, 0.05) is 25.9 Å². The van der Waals surface area contributed by atoms with E-state index in [1.807, 2.05) is 24.3 Å². The Kier molecular flexibility index (Phi) is 7.60. The van der Waals surface area contributed by atoms with E-state index in [9.17, 15) is 5.11 Å². The number of methoxy groups -OCH3 is 1. The van der Waals surface area contributed by atoms with Crippen molar-refractivity contribution in [3.63, 3.8) is 0 Å². The molecule has 0 amide bonds. The summed E-state index contributed by atoms with van der Waals surface area (Å²) in [6.07, 6.45) is 1.69. The topological polar surface area (TPSA) is 58.9 Å². The van der Waals surface area contributed by atoms with Crippen LogP contribution >= 0.6 is 0 Å². The summed E-state index contributed by atoms with van der Waals surface area (Å²) in [6, 6.07) is 7.65. The van der Waals surface area contributed by atoms with Crippen LogP contribution in [0, 0.1) is 0 Å². The van der Waals surface area contributed by atoms with E-state index in [1.165, 1.54) is 12.7 Å². The lowest BCUT2D eigenvalue weighted by molar-refractivity contribution is -0.0769. The zero-order valence-electron chi connectivity index (χ0n) is 10.8. The molecule has 2 N–H and O–H groups in total. The van der Waals surface area contributed by atoms with Gasteiger partial charge in [-0.2, -0.15) is 0 Å². The summed E-state index contributed by atoms with van der Waals surface area (Å²) >= 11 is 0. The number of rotatable bonds is 9. The molecule has 0 radical (unpaired) electrons. The van der Waals surface area contributed by atoms with Gasteiger partial charge in [0.05, 0.1) is 6.61 Å². The van der Waals surface area contributed by atoms with Crippen molar-refractivity contribution < 1.29 is 19.7 Å². The molecule has 1 atom stereocenters. The van der Waals surface area contributed by atoms with E-state index >= 15 is 0 Å². The lowest BCUT2D eigenvalue weighted by Crippen LogP contribution is -2.02. The van der Waals surface area contributed by atoms with Crippen LogP contribution in [0.15, 0.2) is 24.3 Å². The molecule has 4 heteroatoms. The SMILES string of the molecule is COC(O)c1ccc(CCOCCCCO)cc1. The summed E-state index contributed by atoms with van der Waals surface area (Å²) in [6.45, 7) is 1.60. The molecule has 102 valence electrons. The Labute approximate surface area is 108 Å². The van der Waals surface area contributed by atoms with Crippen molar-refractivity contribution in [3.05, 3.63) is 35.4 Å². The normalized spacial score (nSPS) is 12.6. The minimum Gasteiger partial charge on any atom is -0.396 e.